The van der Waals surface area contributed by atoms with Gasteiger partial charge in [-0.25, -0.2) is 0 Å². The molecule has 31 heavy (non-hydrogen) atoms. The SMILES string of the molecule is CC(=O)N[C@@H]1[C@H](Oc2ccc(C)cc2)O[C@H](COC(C)=O)[C@@H](OC(C)=O)[C@@H]1OC(C)=O. The Morgan fingerprint density at radius 1 is 0.903 bits per heavy atom. The molecule has 1 aromatic carbocycles. The van der Waals surface area contributed by atoms with Crippen LogP contribution in [0.15, 0.2) is 24.3 Å². The average molecular weight is 437 g/mol. The van der Waals surface area contributed by atoms with Crippen molar-refractivity contribution in [2.45, 2.75) is 65.3 Å². The van der Waals surface area contributed by atoms with E-state index in [2.05, 4.69) is 5.32 Å². The maximum absolute atomic E-state index is 11.9. The third kappa shape index (κ3) is 7.25. The maximum Gasteiger partial charge on any atom is 0.303 e. The Bertz CT molecular complexity index is 808. The summed E-state index contributed by atoms with van der Waals surface area (Å²) in [5, 5.41) is 2.64. The summed E-state index contributed by atoms with van der Waals surface area (Å²) in [6.45, 7) is 6.48. The van der Waals surface area contributed by atoms with Gasteiger partial charge in [-0.3, -0.25) is 19.2 Å². The number of esters is 3. The van der Waals surface area contributed by atoms with Crippen LogP contribution < -0.4 is 10.1 Å². The van der Waals surface area contributed by atoms with Gasteiger partial charge in [0.2, 0.25) is 12.2 Å². The highest BCUT2D eigenvalue weighted by molar-refractivity contribution is 5.73. The molecule has 0 radical (unpaired) electrons. The Morgan fingerprint density at radius 3 is 2.00 bits per heavy atom. The van der Waals surface area contributed by atoms with Crippen molar-refractivity contribution in [3.8, 4) is 5.75 Å². The molecule has 0 spiro atoms. The summed E-state index contributed by atoms with van der Waals surface area (Å²) >= 11 is 0. The predicted octanol–water partition coefficient (Wildman–Crippen LogP) is 1.03. The minimum absolute atomic E-state index is 0.286. The zero-order valence-corrected chi connectivity index (χ0v) is 18.1. The predicted molar refractivity (Wildman–Crippen MR) is 106 cm³/mol. The van der Waals surface area contributed by atoms with E-state index in [9.17, 15) is 19.2 Å². The van der Waals surface area contributed by atoms with E-state index >= 15 is 0 Å². The van der Waals surface area contributed by atoms with Crippen molar-refractivity contribution >= 4 is 23.8 Å². The van der Waals surface area contributed by atoms with Gasteiger partial charge in [0.15, 0.2) is 12.2 Å². The van der Waals surface area contributed by atoms with Gasteiger partial charge < -0.3 is 29.0 Å². The van der Waals surface area contributed by atoms with E-state index in [1.807, 2.05) is 19.1 Å². The fourth-order valence-electron chi connectivity index (χ4n) is 3.14. The molecule has 10 nitrogen and oxygen atoms in total. The first-order valence-corrected chi connectivity index (χ1v) is 9.70. The van der Waals surface area contributed by atoms with Crippen molar-refractivity contribution in [3.05, 3.63) is 29.8 Å². The van der Waals surface area contributed by atoms with Crippen LogP contribution in [-0.4, -0.2) is 61.1 Å². The Morgan fingerprint density at radius 2 is 1.48 bits per heavy atom. The quantitative estimate of drug-likeness (QED) is 0.491. The summed E-state index contributed by atoms with van der Waals surface area (Å²) in [5.41, 5.74) is 1.01. The van der Waals surface area contributed by atoms with Crippen LogP contribution in [0.2, 0.25) is 0 Å². The smallest absolute Gasteiger partial charge is 0.303 e. The standard InChI is InChI=1S/C21H27NO9/c1-11-6-8-16(9-7-11)30-21-18(22-12(2)23)20(29-15(5)26)19(28-14(4)25)17(31-21)10-27-13(3)24/h6-9,17-21H,10H2,1-5H3,(H,22,23)/t17-,18+,19-,20-,21-/m1/s1. The van der Waals surface area contributed by atoms with E-state index in [4.69, 9.17) is 23.7 Å². The zero-order chi connectivity index (χ0) is 23.1. The highest BCUT2D eigenvalue weighted by atomic mass is 16.7. The molecule has 0 aliphatic carbocycles. The highest BCUT2D eigenvalue weighted by Crippen LogP contribution is 2.29. The topological polar surface area (TPSA) is 126 Å². The van der Waals surface area contributed by atoms with Crippen LogP contribution >= 0.6 is 0 Å². The summed E-state index contributed by atoms with van der Waals surface area (Å²) < 4.78 is 27.6. The van der Waals surface area contributed by atoms with Crippen molar-refractivity contribution in [2.24, 2.45) is 0 Å². The number of hydrogen-bond acceptors (Lipinski definition) is 9. The van der Waals surface area contributed by atoms with Gasteiger partial charge in [0.1, 0.15) is 24.5 Å². The summed E-state index contributed by atoms with van der Waals surface area (Å²) in [5.74, 6) is -1.92. The molecule has 1 amide bonds. The number of carbonyl (C=O) groups excluding carboxylic acids is 4. The minimum atomic E-state index is -1.16. The fraction of sp³-hybridized carbons (Fsp3) is 0.524. The van der Waals surface area contributed by atoms with Gasteiger partial charge >= 0.3 is 17.9 Å². The van der Waals surface area contributed by atoms with Gasteiger partial charge in [-0.1, -0.05) is 17.7 Å². The molecule has 1 aliphatic rings. The zero-order valence-electron chi connectivity index (χ0n) is 18.1. The number of amides is 1. The van der Waals surface area contributed by atoms with Crippen molar-refractivity contribution in [3.63, 3.8) is 0 Å². The van der Waals surface area contributed by atoms with E-state index in [1.54, 1.807) is 12.1 Å². The van der Waals surface area contributed by atoms with Crippen LogP contribution in [0.3, 0.4) is 0 Å². The third-order valence-electron chi connectivity index (χ3n) is 4.34. The second-order valence-electron chi connectivity index (χ2n) is 7.15. The largest absolute Gasteiger partial charge is 0.463 e. The minimum Gasteiger partial charge on any atom is -0.463 e. The van der Waals surface area contributed by atoms with Crippen LogP contribution in [0.5, 0.6) is 5.75 Å². The van der Waals surface area contributed by atoms with Crippen molar-refractivity contribution in [1.29, 1.82) is 0 Å². The molecule has 170 valence electrons. The Kier molecular flexibility index (Phi) is 8.38. The molecule has 0 bridgehead atoms. The molecule has 0 aromatic heterocycles. The van der Waals surface area contributed by atoms with E-state index in [1.165, 1.54) is 27.7 Å². The van der Waals surface area contributed by atoms with Crippen LogP contribution in [-0.2, 0) is 38.1 Å². The van der Waals surface area contributed by atoms with E-state index in [0.717, 1.165) is 5.56 Å². The Balaban J connectivity index is 2.43. The first-order valence-electron chi connectivity index (χ1n) is 9.70. The summed E-state index contributed by atoms with van der Waals surface area (Å²) in [6.07, 6.45) is -4.47. The molecule has 1 N–H and O–H groups in total. The first kappa shape index (κ1) is 24.1. The van der Waals surface area contributed by atoms with E-state index < -0.39 is 54.5 Å². The van der Waals surface area contributed by atoms with Crippen molar-refractivity contribution in [2.75, 3.05) is 6.61 Å². The molecular weight excluding hydrogens is 410 g/mol. The number of benzene rings is 1. The molecule has 5 atom stereocenters. The number of ether oxygens (including phenoxy) is 5. The lowest BCUT2D eigenvalue weighted by molar-refractivity contribution is -0.257. The molecular formula is C21H27NO9. The van der Waals surface area contributed by atoms with Crippen LogP contribution in [0, 0.1) is 6.92 Å². The number of carbonyl (C=O) groups is 4. The normalized spacial score (nSPS) is 25.1. The van der Waals surface area contributed by atoms with E-state index in [0.29, 0.717) is 5.75 Å². The molecule has 0 saturated carbocycles. The van der Waals surface area contributed by atoms with Crippen molar-refractivity contribution in [1.82, 2.24) is 5.32 Å². The molecule has 2 rings (SSSR count). The van der Waals surface area contributed by atoms with Crippen LogP contribution in [0.4, 0.5) is 0 Å². The molecule has 10 heteroatoms. The summed E-state index contributed by atoms with van der Waals surface area (Å²) in [6, 6.07) is 6.06. The lowest BCUT2D eigenvalue weighted by Crippen LogP contribution is -2.67. The monoisotopic (exact) mass is 437 g/mol. The molecule has 1 saturated heterocycles. The summed E-state index contributed by atoms with van der Waals surface area (Å²) in [7, 11) is 0. The third-order valence-corrected chi connectivity index (χ3v) is 4.34. The lowest BCUT2D eigenvalue weighted by atomic mass is 9.96. The molecule has 1 aliphatic heterocycles. The number of aryl methyl sites for hydroxylation is 1. The van der Waals surface area contributed by atoms with Gasteiger partial charge in [0.25, 0.3) is 0 Å². The lowest BCUT2D eigenvalue weighted by Gasteiger charge is -2.44. The van der Waals surface area contributed by atoms with Crippen LogP contribution in [0.25, 0.3) is 0 Å². The highest BCUT2D eigenvalue weighted by Gasteiger charge is 2.51. The van der Waals surface area contributed by atoms with Crippen molar-refractivity contribution < 1.29 is 42.9 Å². The fourth-order valence-corrected chi connectivity index (χ4v) is 3.14. The van der Waals surface area contributed by atoms with E-state index in [-0.39, 0.29) is 6.61 Å². The molecule has 1 aromatic rings. The van der Waals surface area contributed by atoms with Gasteiger partial charge in [0.05, 0.1) is 0 Å². The Hall–Kier alpha value is -3.14. The molecule has 1 fully saturated rings. The first-order chi connectivity index (χ1) is 14.6. The number of rotatable bonds is 7. The van der Waals surface area contributed by atoms with Gasteiger partial charge in [-0.2, -0.15) is 0 Å². The van der Waals surface area contributed by atoms with Gasteiger partial charge in [-0.15, -0.1) is 0 Å². The van der Waals surface area contributed by atoms with Gasteiger partial charge in [-0.05, 0) is 19.1 Å². The average Bonchev–Trinajstić information content (AvgIpc) is 2.65. The summed E-state index contributed by atoms with van der Waals surface area (Å²) in [4.78, 5) is 46.7. The number of nitrogens with one attached hydrogen (secondary N) is 1. The molecule has 0 unspecified atom stereocenters. The second kappa shape index (κ2) is 10.8. The number of hydrogen-bond donors (Lipinski definition) is 1. The van der Waals surface area contributed by atoms with Crippen LogP contribution in [0.1, 0.15) is 33.3 Å². The second-order valence-corrected chi connectivity index (χ2v) is 7.15. The maximum atomic E-state index is 11.9. The molecule has 1 heterocycles. The van der Waals surface area contributed by atoms with Gasteiger partial charge in [0, 0.05) is 27.7 Å². The Labute approximate surface area is 180 Å².